The minimum Gasteiger partial charge on any atom is -0.465 e. The predicted molar refractivity (Wildman–Crippen MR) is 60.8 cm³/mol. The molecule has 2 aromatic rings. The molecule has 0 radical (unpaired) electrons. The molecule has 0 bridgehead atoms. The van der Waals surface area contributed by atoms with Crippen molar-refractivity contribution < 1.29 is 9.53 Å². The summed E-state index contributed by atoms with van der Waals surface area (Å²) in [6, 6.07) is 5.47. The maximum absolute atomic E-state index is 11.3. The molecule has 0 spiro atoms. The molecule has 0 saturated heterocycles. The standard InChI is InChI=1S/C11H13N3O2/c1-2-16-11(15)7-14-10-5-9(12)4-3-8(10)6-13-14/h3-6H,2,7,12H2,1H3. The summed E-state index contributed by atoms with van der Waals surface area (Å²) in [6.07, 6.45) is 1.70. The lowest BCUT2D eigenvalue weighted by atomic mass is 10.2. The average molecular weight is 219 g/mol. The van der Waals surface area contributed by atoms with E-state index in [4.69, 9.17) is 10.5 Å². The van der Waals surface area contributed by atoms with Crippen LogP contribution in [0.1, 0.15) is 6.92 Å². The summed E-state index contributed by atoms with van der Waals surface area (Å²) in [5, 5.41) is 5.08. The summed E-state index contributed by atoms with van der Waals surface area (Å²) >= 11 is 0. The van der Waals surface area contributed by atoms with Crippen molar-refractivity contribution in [1.29, 1.82) is 0 Å². The number of nitrogens with zero attached hydrogens (tertiary/aromatic N) is 2. The Labute approximate surface area is 92.8 Å². The fourth-order valence-corrected chi connectivity index (χ4v) is 1.54. The summed E-state index contributed by atoms with van der Waals surface area (Å²) in [7, 11) is 0. The van der Waals surface area contributed by atoms with E-state index in [1.165, 1.54) is 0 Å². The van der Waals surface area contributed by atoms with E-state index >= 15 is 0 Å². The zero-order chi connectivity index (χ0) is 11.5. The van der Waals surface area contributed by atoms with Crippen LogP contribution in [0.4, 0.5) is 5.69 Å². The van der Waals surface area contributed by atoms with Gasteiger partial charge >= 0.3 is 5.97 Å². The molecule has 2 rings (SSSR count). The van der Waals surface area contributed by atoms with Crippen molar-refractivity contribution in [2.75, 3.05) is 12.3 Å². The lowest BCUT2D eigenvalue weighted by Gasteiger charge is -2.03. The van der Waals surface area contributed by atoms with E-state index in [1.54, 1.807) is 29.9 Å². The van der Waals surface area contributed by atoms with Gasteiger partial charge in [-0.3, -0.25) is 9.48 Å². The maximum Gasteiger partial charge on any atom is 0.327 e. The summed E-state index contributed by atoms with van der Waals surface area (Å²) in [4.78, 5) is 11.3. The number of fused-ring (bicyclic) bond motifs is 1. The van der Waals surface area contributed by atoms with Crippen LogP contribution in [0.2, 0.25) is 0 Å². The van der Waals surface area contributed by atoms with E-state index in [1.807, 2.05) is 6.07 Å². The molecule has 84 valence electrons. The van der Waals surface area contributed by atoms with E-state index in [-0.39, 0.29) is 12.5 Å². The second-order valence-electron chi connectivity index (χ2n) is 3.43. The zero-order valence-corrected chi connectivity index (χ0v) is 9.01. The highest BCUT2D eigenvalue weighted by Gasteiger charge is 2.08. The monoisotopic (exact) mass is 219 g/mol. The van der Waals surface area contributed by atoms with E-state index in [0.717, 1.165) is 10.9 Å². The molecule has 0 fully saturated rings. The Morgan fingerprint density at radius 1 is 1.56 bits per heavy atom. The minimum atomic E-state index is -0.296. The molecule has 0 aliphatic rings. The van der Waals surface area contributed by atoms with Crippen LogP contribution in [0, 0.1) is 0 Å². The van der Waals surface area contributed by atoms with E-state index in [0.29, 0.717) is 12.3 Å². The van der Waals surface area contributed by atoms with Crippen molar-refractivity contribution in [1.82, 2.24) is 9.78 Å². The second-order valence-corrected chi connectivity index (χ2v) is 3.43. The van der Waals surface area contributed by atoms with Gasteiger partial charge in [-0.15, -0.1) is 0 Å². The van der Waals surface area contributed by atoms with Gasteiger partial charge in [-0.05, 0) is 25.1 Å². The molecule has 0 saturated carbocycles. The zero-order valence-electron chi connectivity index (χ0n) is 9.01. The SMILES string of the molecule is CCOC(=O)Cn1ncc2ccc(N)cc21. The first-order valence-electron chi connectivity index (χ1n) is 5.07. The molecule has 2 N–H and O–H groups in total. The normalized spacial score (nSPS) is 10.6. The number of rotatable bonds is 3. The third-order valence-corrected chi connectivity index (χ3v) is 2.25. The number of esters is 1. The van der Waals surface area contributed by atoms with Gasteiger partial charge in [0.15, 0.2) is 0 Å². The molecule has 1 heterocycles. The number of ether oxygens (including phenoxy) is 1. The van der Waals surface area contributed by atoms with Crippen LogP contribution >= 0.6 is 0 Å². The predicted octanol–water partition coefficient (Wildman–Crippen LogP) is 1.18. The molecule has 1 aromatic carbocycles. The number of nitrogen functional groups attached to an aromatic ring is 1. The summed E-state index contributed by atoms with van der Waals surface area (Å²) in [5.41, 5.74) is 7.18. The van der Waals surface area contributed by atoms with Gasteiger partial charge in [-0.2, -0.15) is 5.10 Å². The topological polar surface area (TPSA) is 70.1 Å². The van der Waals surface area contributed by atoms with Gasteiger partial charge in [-0.25, -0.2) is 0 Å². The number of carbonyl (C=O) groups is 1. The number of aromatic nitrogens is 2. The largest absolute Gasteiger partial charge is 0.465 e. The highest BCUT2D eigenvalue weighted by molar-refractivity contribution is 5.83. The van der Waals surface area contributed by atoms with Gasteiger partial charge in [-0.1, -0.05) is 0 Å². The van der Waals surface area contributed by atoms with Gasteiger partial charge in [0.05, 0.1) is 18.3 Å². The molecule has 0 aliphatic carbocycles. The molecule has 0 aliphatic heterocycles. The molecule has 0 amide bonds. The van der Waals surface area contributed by atoms with Crippen molar-refractivity contribution in [3.05, 3.63) is 24.4 Å². The van der Waals surface area contributed by atoms with Gasteiger partial charge in [0.1, 0.15) is 6.54 Å². The number of anilines is 1. The molecule has 1 aromatic heterocycles. The van der Waals surface area contributed by atoms with Crippen molar-refractivity contribution in [2.45, 2.75) is 13.5 Å². The fourth-order valence-electron chi connectivity index (χ4n) is 1.54. The van der Waals surface area contributed by atoms with Crippen LogP contribution in [0.15, 0.2) is 24.4 Å². The molecule has 0 atom stereocenters. The Morgan fingerprint density at radius 2 is 2.38 bits per heavy atom. The van der Waals surface area contributed by atoms with Crippen molar-refractivity contribution in [3.8, 4) is 0 Å². The molecular formula is C11H13N3O2. The summed E-state index contributed by atoms with van der Waals surface area (Å²) in [5.74, 6) is -0.296. The Hall–Kier alpha value is -2.04. The highest BCUT2D eigenvalue weighted by atomic mass is 16.5. The number of carbonyl (C=O) groups excluding carboxylic acids is 1. The smallest absolute Gasteiger partial charge is 0.327 e. The van der Waals surface area contributed by atoms with Crippen molar-refractivity contribution in [3.63, 3.8) is 0 Å². The van der Waals surface area contributed by atoms with Gasteiger partial charge in [0.2, 0.25) is 0 Å². The summed E-state index contributed by atoms with van der Waals surface area (Å²) in [6.45, 7) is 2.26. The van der Waals surface area contributed by atoms with Crippen LogP contribution in [0.5, 0.6) is 0 Å². The number of hydrogen-bond donors (Lipinski definition) is 1. The highest BCUT2D eigenvalue weighted by Crippen LogP contribution is 2.16. The van der Waals surface area contributed by atoms with Gasteiger partial charge in [0, 0.05) is 11.1 Å². The van der Waals surface area contributed by atoms with Crippen LogP contribution in [-0.2, 0) is 16.1 Å². The van der Waals surface area contributed by atoms with E-state index in [9.17, 15) is 4.79 Å². The van der Waals surface area contributed by atoms with E-state index in [2.05, 4.69) is 5.10 Å². The number of nitrogens with two attached hydrogens (primary N) is 1. The first-order chi connectivity index (χ1) is 7.70. The van der Waals surface area contributed by atoms with Crippen molar-refractivity contribution in [2.24, 2.45) is 0 Å². The second kappa shape index (κ2) is 4.22. The van der Waals surface area contributed by atoms with Crippen molar-refractivity contribution >= 4 is 22.6 Å². The average Bonchev–Trinajstić information content (AvgIpc) is 2.61. The first-order valence-corrected chi connectivity index (χ1v) is 5.07. The Bertz CT molecular complexity index is 519. The molecular weight excluding hydrogens is 206 g/mol. The van der Waals surface area contributed by atoms with Gasteiger partial charge < -0.3 is 10.5 Å². The summed E-state index contributed by atoms with van der Waals surface area (Å²) < 4.78 is 6.45. The third-order valence-electron chi connectivity index (χ3n) is 2.25. The first kappa shape index (κ1) is 10.5. The maximum atomic E-state index is 11.3. The molecule has 0 unspecified atom stereocenters. The van der Waals surface area contributed by atoms with Crippen LogP contribution in [0.3, 0.4) is 0 Å². The lowest BCUT2D eigenvalue weighted by Crippen LogP contribution is -2.14. The Morgan fingerprint density at radius 3 is 3.12 bits per heavy atom. The third kappa shape index (κ3) is 1.98. The Kier molecular flexibility index (Phi) is 2.76. The Balaban J connectivity index is 2.30. The number of hydrogen-bond acceptors (Lipinski definition) is 4. The quantitative estimate of drug-likeness (QED) is 0.621. The molecule has 16 heavy (non-hydrogen) atoms. The number of benzene rings is 1. The van der Waals surface area contributed by atoms with Gasteiger partial charge in [0.25, 0.3) is 0 Å². The van der Waals surface area contributed by atoms with Crippen LogP contribution < -0.4 is 5.73 Å². The minimum absolute atomic E-state index is 0.112. The molecule has 5 heteroatoms. The fraction of sp³-hybridized carbons (Fsp3) is 0.273. The van der Waals surface area contributed by atoms with Crippen LogP contribution in [0.25, 0.3) is 10.9 Å². The van der Waals surface area contributed by atoms with Crippen LogP contribution in [-0.4, -0.2) is 22.4 Å². The molecule has 5 nitrogen and oxygen atoms in total. The lowest BCUT2D eigenvalue weighted by molar-refractivity contribution is -0.143. The van der Waals surface area contributed by atoms with E-state index < -0.39 is 0 Å².